The zero-order valence-corrected chi connectivity index (χ0v) is 25.0. The Morgan fingerprint density at radius 3 is 2.02 bits per heavy atom. The number of amides is 2. The first-order valence-electron chi connectivity index (χ1n) is 14.0. The first-order valence-corrected chi connectivity index (χ1v) is 15.4. The van der Waals surface area contributed by atoms with Gasteiger partial charge in [0.25, 0.3) is 10.0 Å². The van der Waals surface area contributed by atoms with E-state index in [1.165, 1.54) is 24.1 Å². The second-order valence-electron chi connectivity index (χ2n) is 10.7. The van der Waals surface area contributed by atoms with Crippen LogP contribution >= 0.6 is 0 Å². The van der Waals surface area contributed by atoms with Gasteiger partial charge in [-0.2, -0.15) is 0 Å². The Kier molecular flexibility index (Phi) is 9.70. The van der Waals surface area contributed by atoms with Crippen LogP contribution < -0.4 is 14.4 Å². The van der Waals surface area contributed by atoms with E-state index in [2.05, 4.69) is 5.32 Å². The van der Waals surface area contributed by atoms with E-state index < -0.39 is 28.5 Å². The molecule has 1 atom stereocenters. The van der Waals surface area contributed by atoms with Crippen molar-refractivity contribution in [2.24, 2.45) is 0 Å². The van der Waals surface area contributed by atoms with Crippen molar-refractivity contribution in [2.75, 3.05) is 18.0 Å². The van der Waals surface area contributed by atoms with E-state index in [1.807, 2.05) is 38.1 Å². The van der Waals surface area contributed by atoms with Gasteiger partial charge in [0.05, 0.1) is 17.7 Å². The maximum absolute atomic E-state index is 14.0. The summed E-state index contributed by atoms with van der Waals surface area (Å²) in [5, 5.41) is 3.09. The van der Waals surface area contributed by atoms with Crippen molar-refractivity contribution >= 4 is 27.5 Å². The minimum absolute atomic E-state index is 0.0313. The van der Waals surface area contributed by atoms with Gasteiger partial charge in [0.15, 0.2) is 0 Å². The normalized spacial score (nSPS) is 14.3. The molecule has 0 aliphatic heterocycles. The first kappa shape index (κ1) is 30.1. The summed E-state index contributed by atoms with van der Waals surface area (Å²) >= 11 is 0. The Labute approximate surface area is 243 Å². The fraction of sp³-hybridized carbons (Fsp3) is 0.375. The van der Waals surface area contributed by atoms with Gasteiger partial charge in [-0.1, -0.05) is 60.4 Å². The van der Waals surface area contributed by atoms with Gasteiger partial charge < -0.3 is 15.0 Å². The third kappa shape index (κ3) is 7.47. The van der Waals surface area contributed by atoms with Crippen LogP contribution in [0.3, 0.4) is 0 Å². The molecule has 3 aromatic rings. The summed E-state index contributed by atoms with van der Waals surface area (Å²) in [4.78, 5) is 28.9. The Morgan fingerprint density at radius 1 is 0.902 bits per heavy atom. The quantitative estimate of drug-likeness (QED) is 0.347. The van der Waals surface area contributed by atoms with Crippen LogP contribution in [-0.2, 0) is 26.2 Å². The molecule has 0 aromatic heterocycles. The summed E-state index contributed by atoms with van der Waals surface area (Å²) < 4.78 is 34.2. The van der Waals surface area contributed by atoms with Gasteiger partial charge in [-0.3, -0.25) is 13.9 Å². The Bertz CT molecular complexity index is 1430. The molecule has 0 radical (unpaired) electrons. The minimum atomic E-state index is -4.13. The zero-order valence-electron chi connectivity index (χ0n) is 24.2. The molecular weight excluding hydrogens is 538 g/mol. The standard InChI is InChI=1S/C32H39N3O5S/c1-23-9-13-26(14-10-23)21-34(25(3)32(37)33-27-7-5-6-8-27)31(36)22-35(28-15-11-24(2)12-16-28)41(38,39)30-19-17-29(40-4)18-20-30/h9-20,25,27H,5-8,21-22H2,1-4H3,(H,33,37)/t25-/m0/s1. The van der Waals surface area contributed by atoms with Crippen molar-refractivity contribution in [1.82, 2.24) is 10.2 Å². The van der Waals surface area contributed by atoms with Crippen LogP contribution in [-0.4, -0.2) is 50.9 Å². The van der Waals surface area contributed by atoms with E-state index in [0.29, 0.717) is 11.4 Å². The van der Waals surface area contributed by atoms with Crippen molar-refractivity contribution in [1.29, 1.82) is 0 Å². The number of aryl methyl sites for hydroxylation is 2. The van der Waals surface area contributed by atoms with Crippen LogP contribution in [0.15, 0.2) is 77.7 Å². The van der Waals surface area contributed by atoms with Crippen LogP contribution in [0.4, 0.5) is 5.69 Å². The van der Waals surface area contributed by atoms with Crippen molar-refractivity contribution in [3.8, 4) is 5.75 Å². The maximum Gasteiger partial charge on any atom is 0.264 e. The second-order valence-corrected chi connectivity index (χ2v) is 12.6. The van der Waals surface area contributed by atoms with Crippen molar-refractivity contribution in [3.63, 3.8) is 0 Å². The van der Waals surface area contributed by atoms with E-state index in [-0.39, 0.29) is 23.4 Å². The third-order valence-electron chi connectivity index (χ3n) is 7.59. The Morgan fingerprint density at radius 2 is 1.46 bits per heavy atom. The van der Waals surface area contributed by atoms with E-state index in [0.717, 1.165) is 46.7 Å². The molecule has 218 valence electrons. The fourth-order valence-electron chi connectivity index (χ4n) is 4.98. The molecule has 41 heavy (non-hydrogen) atoms. The van der Waals surface area contributed by atoms with Gasteiger partial charge in [-0.15, -0.1) is 0 Å². The number of methoxy groups -OCH3 is 1. The SMILES string of the molecule is COc1ccc(S(=O)(=O)N(CC(=O)N(Cc2ccc(C)cc2)[C@@H](C)C(=O)NC2CCCC2)c2ccc(C)cc2)cc1. The number of carbonyl (C=O) groups excluding carboxylic acids is 2. The number of benzene rings is 3. The highest BCUT2D eigenvalue weighted by atomic mass is 32.2. The lowest BCUT2D eigenvalue weighted by Crippen LogP contribution is -2.52. The number of sulfonamides is 1. The smallest absolute Gasteiger partial charge is 0.264 e. The van der Waals surface area contributed by atoms with Gasteiger partial charge in [0, 0.05) is 12.6 Å². The van der Waals surface area contributed by atoms with Gasteiger partial charge in [0.1, 0.15) is 18.3 Å². The summed E-state index contributed by atoms with van der Waals surface area (Å²) in [5.74, 6) is -0.192. The average Bonchev–Trinajstić information content (AvgIpc) is 3.48. The maximum atomic E-state index is 14.0. The van der Waals surface area contributed by atoms with Crippen LogP contribution in [0.2, 0.25) is 0 Å². The topological polar surface area (TPSA) is 96.0 Å². The third-order valence-corrected chi connectivity index (χ3v) is 9.38. The Hall–Kier alpha value is -3.85. The van der Waals surface area contributed by atoms with Crippen molar-refractivity contribution in [2.45, 2.75) is 70.0 Å². The molecule has 0 saturated heterocycles. The molecule has 9 heteroatoms. The number of nitrogens with zero attached hydrogens (tertiary/aromatic N) is 2. The largest absolute Gasteiger partial charge is 0.497 e. The van der Waals surface area contributed by atoms with Gasteiger partial charge in [-0.05, 0) is 75.6 Å². The van der Waals surface area contributed by atoms with E-state index >= 15 is 0 Å². The second kappa shape index (κ2) is 13.2. The van der Waals surface area contributed by atoms with E-state index in [1.54, 1.807) is 43.3 Å². The molecule has 1 fully saturated rings. The number of ether oxygens (including phenoxy) is 1. The summed E-state index contributed by atoms with van der Waals surface area (Å²) in [6, 6.07) is 20.1. The van der Waals surface area contributed by atoms with Crippen molar-refractivity contribution < 1.29 is 22.7 Å². The lowest BCUT2D eigenvalue weighted by Gasteiger charge is -2.32. The molecule has 0 bridgehead atoms. The van der Waals surface area contributed by atoms with Crippen LogP contribution in [0, 0.1) is 13.8 Å². The molecular formula is C32H39N3O5S. The summed E-state index contributed by atoms with van der Waals surface area (Å²) in [6.07, 6.45) is 3.98. The molecule has 0 heterocycles. The van der Waals surface area contributed by atoms with Gasteiger partial charge in [0.2, 0.25) is 11.8 Å². The fourth-order valence-corrected chi connectivity index (χ4v) is 6.39. The van der Waals surface area contributed by atoms with Crippen molar-refractivity contribution in [3.05, 3.63) is 89.5 Å². The monoisotopic (exact) mass is 577 g/mol. The molecule has 1 N–H and O–H groups in total. The molecule has 8 nitrogen and oxygen atoms in total. The molecule has 0 unspecified atom stereocenters. The van der Waals surface area contributed by atoms with Crippen LogP contribution in [0.1, 0.15) is 49.3 Å². The van der Waals surface area contributed by atoms with E-state index in [4.69, 9.17) is 4.74 Å². The lowest BCUT2D eigenvalue weighted by molar-refractivity contribution is -0.139. The van der Waals surface area contributed by atoms with Gasteiger partial charge in [-0.25, -0.2) is 8.42 Å². The number of anilines is 1. The highest BCUT2D eigenvalue weighted by Crippen LogP contribution is 2.26. The average molecular weight is 578 g/mol. The number of hydrogen-bond donors (Lipinski definition) is 1. The van der Waals surface area contributed by atoms with Crippen LogP contribution in [0.25, 0.3) is 0 Å². The Balaban J connectivity index is 1.67. The molecule has 4 rings (SSSR count). The molecule has 1 saturated carbocycles. The summed E-state index contributed by atoms with van der Waals surface area (Å²) in [5.41, 5.74) is 3.25. The lowest BCUT2D eigenvalue weighted by atomic mass is 10.1. The van der Waals surface area contributed by atoms with Gasteiger partial charge >= 0.3 is 0 Å². The molecule has 1 aliphatic carbocycles. The number of nitrogens with one attached hydrogen (secondary N) is 1. The highest BCUT2D eigenvalue weighted by Gasteiger charge is 2.33. The van der Waals surface area contributed by atoms with E-state index in [9.17, 15) is 18.0 Å². The predicted molar refractivity (Wildman–Crippen MR) is 160 cm³/mol. The minimum Gasteiger partial charge on any atom is -0.497 e. The first-order chi connectivity index (χ1) is 19.6. The summed E-state index contributed by atoms with van der Waals surface area (Å²) in [6.45, 7) is 5.29. The molecule has 2 amide bonds. The number of carbonyl (C=O) groups is 2. The summed E-state index contributed by atoms with van der Waals surface area (Å²) in [7, 11) is -2.63. The predicted octanol–water partition coefficient (Wildman–Crippen LogP) is 4.98. The van der Waals surface area contributed by atoms with Crippen LogP contribution in [0.5, 0.6) is 5.75 Å². The zero-order chi connectivity index (χ0) is 29.6. The molecule has 0 spiro atoms. The number of rotatable bonds is 11. The molecule has 3 aromatic carbocycles. The highest BCUT2D eigenvalue weighted by molar-refractivity contribution is 7.92. The molecule has 1 aliphatic rings. The number of hydrogen-bond acceptors (Lipinski definition) is 5.